The Hall–Kier alpha value is -3.00. The SMILES string of the molecule is CCc1cc(C(=O)c2ccccc2Cl)c(-n2c(C)nnc2CNC(=O)c2ccccc2Cl)s1. The van der Waals surface area contributed by atoms with Gasteiger partial charge in [-0.25, -0.2) is 0 Å². The lowest BCUT2D eigenvalue weighted by Crippen LogP contribution is -2.25. The number of aryl methyl sites for hydroxylation is 2. The number of ketones is 1. The Morgan fingerprint density at radius 1 is 0.970 bits per heavy atom. The minimum Gasteiger partial charge on any atom is -0.345 e. The molecule has 0 spiro atoms. The summed E-state index contributed by atoms with van der Waals surface area (Å²) < 4.78 is 1.81. The van der Waals surface area contributed by atoms with Gasteiger partial charge in [-0.1, -0.05) is 54.4 Å². The van der Waals surface area contributed by atoms with Gasteiger partial charge in [-0.05, 0) is 43.7 Å². The zero-order valence-electron chi connectivity index (χ0n) is 17.9. The highest BCUT2D eigenvalue weighted by Gasteiger charge is 2.24. The molecule has 1 amide bonds. The van der Waals surface area contributed by atoms with Crippen LogP contribution in [-0.2, 0) is 13.0 Å². The van der Waals surface area contributed by atoms with Crippen molar-refractivity contribution in [3.63, 3.8) is 0 Å². The highest BCUT2D eigenvalue weighted by atomic mass is 35.5. The number of halogens is 2. The van der Waals surface area contributed by atoms with Crippen LogP contribution in [0, 0.1) is 6.92 Å². The van der Waals surface area contributed by atoms with Gasteiger partial charge in [0, 0.05) is 10.4 Å². The second-order valence-corrected chi connectivity index (χ2v) is 9.19. The Labute approximate surface area is 205 Å². The van der Waals surface area contributed by atoms with E-state index in [0.717, 1.165) is 11.3 Å². The van der Waals surface area contributed by atoms with E-state index >= 15 is 0 Å². The zero-order chi connectivity index (χ0) is 23.5. The highest BCUT2D eigenvalue weighted by molar-refractivity contribution is 7.15. The van der Waals surface area contributed by atoms with Crippen molar-refractivity contribution in [3.05, 3.63) is 97.9 Å². The number of carbonyl (C=O) groups excluding carboxylic acids is 2. The molecular weight excluding hydrogens is 479 g/mol. The summed E-state index contributed by atoms with van der Waals surface area (Å²) in [6.07, 6.45) is 0.771. The Kier molecular flexibility index (Phi) is 6.93. The summed E-state index contributed by atoms with van der Waals surface area (Å²) in [4.78, 5) is 27.1. The maximum Gasteiger partial charge on any atom is 0.253 e. The smallest absolute Gasteiger partial charge is 0.253 e. The molecule has 0 fully saturated rings. The minimum atomic E-state index is -0.319. The fourth-order valence-electron chi connectivity index (χ4n) is 3.41. The molecule has 6 nitrogen and oxygen atoms in total. The van der Waals surface area contributed by atoms with Gasteiger partial charge < -0.3 is 5.32 Å². The molecule has 1 N–H and O–H groups in total. The molecule has 168 valence electrons. The number of thiophene rings is 1. The van der Waals surface area contributed by atoms with E-state index in [1.165, 1.54) is 11.3 Å². The van der Waals surface area contributed by atoms with Gasteiger partial charge in [0.25, 0.3) is 5.91 Å². The molecule has 9 heteroatoms. The Morgan fingerprint density at radius 3 is 2.24 bits per heavy atom. The molecule has 4 aromatic rings. The van der Waals surface area contributed by atoms with Gasteiger partial charge >= 0.3 is 0 Å². The van der Waals surface area contributed by atoms with Crippen molar-refractivity contribution in [2.75, 3.05) is 0 Å². The second-order valence-electron chi connectivity index (χ2n) is 7.26. The summed E-state index contributed by atoms with van der Waals surface area (Å²) in [7, 11) is 0. The number of rotatable bonds is 7. The minimum absolute atomic E-state index is 0.115. The lowest BCUT2D eigenvalue weighted by Gasteiger charge is -2.11. The molecule has 2 heterocycles. The van der Waals surface area contributed by atoms with Crippen LogP contribution in [0.5, 0.6) is 0 Å². The van der Waals surface area contributed by atoms with Gasteiger partial charge in [-0.3, -0.25) is 14.2 Å². The summed E-state index contributed by atoms with van der Waals surface area (Å²) >= 11 is 13.9. The number of carbonyl (C=O) groups is 2. The summed E-state index contributed by atoms with van der Waals surface area (Å²) in [5.74, 6) is 0.617. The molecule has 33 heavy (non-hydrogen) atoms. The van der Waals surface area contributed by atoms with E-state index in [2.05, 4.69) is 15.5 Å². The molecule has 2 aromatic heterocycles. The standard InChI is InChI=1S/C24H20Cl2N4O2S/c1-3-15-12-18(22(31)16-8-4-6-10-19(16)25)24(33-15)30-14(2)28-29-21(30)13-27-23(32)17-9-5-7-11-20(17)26/h4-12H,3,13H2,1-2H3,(H,27,32). The van der Waals surface area contributed by atoms with E-state index in [-0.39, 0.29) is 18.2 Å². The van der Waals surface area contributed by atoms with Crippen LogP contribution in [0.1, 0.15) is 49.7 Å². The fraction of sp³-hybridized carbons (Fsp3) is 0.167. The van der Waals surface area contributed by atoms with Crippen LogP contribution in [0.15, 0.2) is 54.6 Å². The molecule has 0 radical (unpaired) electrons. The largest absolute Gasteiger partial charge is 0.345 e. The van der Waals surface area contributed by atoms with Crippen LogP contribution < -0.4 is 5.32 Å². The molecule has 0 saturated carbocycles. The van der Waals surface area contributed by atoms with E-state index in [4.69, 9.17) is 23.2 Å². The van der Waals surface area contributed by atoms with E-state index in [0.29, 0.717) is 43.4 Å². The summed E-state index contributed by atoms with van der Waals surface area (Å²) in [5.41, 5.74) is 1.33. The number of aromatic nitrogens is 3. The van der Waals surface area contributed by atoms with Crippen molar-refractivity contribution in [3.8, 4) is 5.00 Å². The maximum absolute atomic E-state index is 13.4. The molecule has 0 atom stereocenters. The van der Waals surface area contributed by atoms with Crippen molar-refractivity contribution in [1.82, 2.24) is 20.1 Å². The molecule has 0 saturated heterocycles. The van der Waals surface area contributed by atoms with E-state index in [1.54, 1.807) is 53.1 Å². The molecule has 0 unspecified atom stereocenters. The molecule has 0 aliphatic carbocycles. The monoisotopic (exact) mass is 498 g/mol. The number of benzene rings is 2. The van der Waals surface area contributed by atoms with Gasteiger partial charge in [0.05, 0.1) is 27.7 Å². The Balaban J connectivity index is 1.69. The maximum atomic E-state index is 13.4. The van der Waals surface area contributed by atoms with Crippen LogP contribution in [0.4, 0.5) is 0 Å². The number of hydrogen-bond acceptors (Lipinski definition) is 5. The normalized spacial score (nSPS) is 10.9. The van der Waals surface area contributed by atoms with Crippen molar-refractivity contribution >= 4 is 46.2 Å². The van der Waals surface area contributed by atoms with Crippen molar-refractivity contribution in [2.24, 2.45) is 0 Å². The average Bonchev–Trinajstić information content (AvgIpc) is 3.40. The molecule has 2 aromatic carbocycles. The van der Waals surface area contributed by atoms with Crippen molar-refractivity contribution < 1.29 is 9.59 Å². The molecular formula is C24H20Cl2N4O2S. The molecule has 4 rings (SSSR count). The van der Waals surface area contributed by atoms with Gasteiger partial charge in [0.1, 0.15) is 10.8 Å². The van der Waals surface area contributed by atoms with Crippen molar-refractivity contribution in [1.29, 1.82) is 0 Å². The Bertz CT molecular complexity index is 1350. The number of hydrogen-bond donors (Lipinski definition) is 1. The number of nitrogens with zero attached hydrogens (tertiary/aromatic N) is 3. The number of nitrogens with one attached hydrogen (secondary N) is 1. The first kappa shape index (κ1) is 23.2. The van der Waals surface area contributed by atoms with Gasteiger partial charge in [0.2, 0.25) is 0 Å². The molecule has 0 aliphatic rings. The molecule has 0 bridgehead atoms. The predicted octanol–water partition coefficient (Wildman–Crippen LogP) is 5.67. The topological polar surface area (TPSA) is 76.9 Å². The first-order chi connectivity index (χ1) is 15.9. The third-order valence-electron chi connectivity index (χ3n) is 5.10. The first-order valence-electron chi connectivity index (χ1n) is 10.3. The fourth-order valence-corrected chi connectivity index (χ4v) is 5.01. The average molecular weight is 499 g/mol. The van der Waals surface area contributed by atoms with E-state index in [9.17, 15) is 9.59 Å². The van der Waals surface area contributed by atoms with Crippen LogP contribution in [0.2, 0.25) is 10.0 Å². The van der Waals surface area contributed by atoms with Gasteiger partial charge in [-0.2, -0.15) is 0 Å². The Morgan fingerprint density at radius 2 is 1.61 bits per heavy atom. The highest BCUT2D eigenvalue weighted by Crippen LogP contribution is 2.32. The predicted molar refractivity (Wildman–Crippen MR) is 131 cm³/mol. The van der Waals surface area contributed by atoms with Crippen molar-refractivity contribution in [2.45, 2.75) is 26.8 Å². The molecule has 0 aliphatic heterocycles. The summed E-state index contributed by atoms with van der Waals surface area (Å²) in [6, 6.07) is 15.7. The van der Waals surface area contributed by atoms with Crippen LogP contribution in [0.3, 0.4) is 0 Å². The quantitative estimate of drug-likeness (QED) is 0.333. The second kappa shape index (κ2) is 9.87. The van der Waals surface area contributed by atoms with E-state index in [1.807, 2.05) is 19.9 Å². The van der Waals surface area contributed by atoms with Gasteiger partial charge in [0.15, 0.2) is 11.6 Å². The zero-order valence-corrected chi connectivity index (χ0v) is 20.3. The summed E-state index contributed by atoms with van der Waals surface area (Å²) in [5, 5.41) is 12.7. The van der Waals surface area contributed by atoms with E-state index < -0.39 is 0 Å². The lowest BCUT2D eigenvalue weighted by atomic mass is 10.0. The summed E-state index contributed by atoms with van der Waals surface area (Å²) in [6.45, 7) is 3.95. The third-order valence-corrected chi connectivity index (χ3v) is 7.02. The third kappa shape index (κ3) is 4.71. The lowest BCUT2D eigenvalue weighted by molar-refractivity contribution is 0.0949. The van der Waals surface area contributed by atoms with Gasteiger partial charge in [-0.15, -0.1) is 21.5 Å². The van der Waals surface area contributed by atoms with Crippen LogP contribution >= 0.6 is 34.5 Å². The number of amides is 1. The van der Waals surface area contributed by atoms with Crippen LogP contribution in [0.25, 0.3) is 5.00 Å². The van der Waals surface area contributed by atoms with Crippen LogP contribution in [-0.4, -0.2) is 26.5 Å². The first-order valence-corrected chi connectivity index (χ1v) is 11.8.